The van der Waals surface area contributed by atoms with Gasteiger partial charge in [-0.25, -0.2) is 9.97 Å². The summed E-state index contributed by atoms with van der Waals surface area (Å²) < 4.78 is 6.76. The van der Waals surface area contributed by atoms with E-state index in [2.05, 4.69) is 25.7 Å². The lowest BCUT2D eigenvalue weighted by molar-refractivity contribution is 0.00732. The predicted molar refractivity (Wildman–Crippen MR) is 122 cm³/mol. The molecule has 1 aliphatic heterocycles. The van der Waals surface area contributed by atoms with E-state index < -0.39 is 6.23 Å². The molecule has 1 fully saturated rings. The Morgan fingerprint density at radius 1 is 1.33 bits per heavy atom. The Morgan fingerprint density at radius 2 is 2.21 bits per heavy atom. The standard InChI is InChI=1S/C22H24N8O3/c1-33-16-8-7-14(16)27-21(31)13-12-25-30-17(23)11-18(28-20(13)30)26-15-5-4-10-29(22(15)32)19-6-2-3-9-24-19/h2-6,9-12,14,16,22,32H,7-8,23H2,1H3,(H,26,28)(H,27,31)/t14?,16-,22?/m1/s1. The number of nitrogens with zero attached hydrogens (tertiary/aromatic N) is 5. The van der Waals surface area contributed by atoms with Gasteiger partial charge < -0.3 is 31.1 Å². The minimum absolute atomic E-state index is 0.0147. The summed E-state index contributed by atoms with van der Waals surface area (Å²) in [7, 11) is 1.64. The first-order chi connectivity index (χ1) is 16.0. The zero-order valence-corrected chi connectivity index (χ0v) is 17.9. The molecule has 0 spiro atoms. The number of aliphatic hydroxyl groups is 1. The van der Waals surface area contributed by atoms with E-state index in [9.17, 15) is 9.90 Å². The van der Waals surface area contributed by atoms with Crippen molar-refractivity contribution in [1.29, 1.82) is 0 Å². The summed E-state index contributed by atoms with van der Waals surface area (Å²) in [6.07, 6.45) is 9.13. The van der Waals surface area contributed by atoms with Crippen LogP contribution in [0.1, 0.15) is 23.2 Å². The van der Waals surface area contributed by atoms with Gasteiger partial charge in [0.2, 0.25) is 0 Å². The van der Waals surface area contributed by atoms with Gasteiger partial charge >= 0.3 is 0 Å². The third kappa shape index (κ3) is 3.88. The summed E-state index contributed by atoms with van der Waals surface area (Å²) >= 11 is 0. The van der Waals surface area contributed by atoms with Crippen LogP contribution in [0.3, 0.4) is 0 Å². The molecular formula is C22H24N8O3. The molecule has 11 heteroatoms. The van der Waals surface area contributed by atoms with Gasteiger partial charge in [-0.1, -0.05) is 6.07 Å². The molecule has 3 aromatic heterocycles. The van der Waals surface area contributed by atoms with Crippen molar-refractivity contribution in [2.24, 2.45) is 0 Å². The molecule has 1 amide bonds. The van der Waals surface area contributed by atoms with E-state index in [1.165, 1.54) is 10.7 Å². The molecule has 0 saturated heterocycles. The number of aliphatic hydroxyl groups excluding tert-OH is 1. The number of nitrogen functional groups attached to an aromatic ring is 1. The molecule has 2 unspecified atom stereocenters. The van der Waals surface area contributed by atoms with E-state index in [-0.39, 0.29) is 18.1 Å². The number of hydrogen-bond acceptors (Lipinski definition) is 9. The Kier molecular flexibility index (Phi) is 5.40. The molecule has 5 rings (SSSR count). The first-order valence-corrected chi connectivity index (χ1v) is 10.6. The van der Waals surface area contributed by atoms with Gasteiger partial charge in [0.15, 0.2) is 11.9 Å². The lowest BCUT2D eigenvalue weighted by Crippen LogP contribution is -2.51. The number of fused-ring (bicyclic) bond motifs is 1. The van der Waals surface area contributed by atoms with Crippen molar-refractivity contribution in [3.05, 3.63) is 66.3 Å². The van der Waals surface area contributed by atoms with E-state index in [1.54, 1.807) is 54.8 Å². The topological polar surface area (TPSA) is 143 Å². The minimum Gasteiger partial charge on any atom is -0.383 e. The van der Waals surface area contributed by atoms with Gasteiger partial charge in [-0.2, -0.15) is 9.61 Å². The number of rotatable bonds is 6. The Bertz CT molecular complexity index is 1240. The first kappa shape index (κ1) is 20.9. The zero-order chi connectivity index (χ0) is 22.9. The number of pyridine rings is 1. The highest BCUT2D eigenvalue weighted by Gasteiger charge is 2.33. The van der Waals surface area contributed by atoms with Crippen molar-refractivity contribution >= 4 is 29.0 Å². The largest absolute Gasteiger partial charge is 0.383 e. The van der Waals surface area contributed by atoms with E-state index in [1.807, 2.05) is 6.07 Å². The molecule has 5 N–H and O–H groups in total. The molecule has 0 aromatic carbocycles. The van der Waals surface area contributed by atoms with Crippen LogP contribution in [0.25, 0.3) is 5.65 Å². The number of carbonyl (C=O) groups is 1. The van der Waals surface area contributed by atoms with Crippen LogP contribution in [-0.2, 0) is 4.74 Å². The zero-order valence-electron chi connectivity index (χ0n) is 17.9. The number of nitrogens with one attached hydrogen (secondary N) is 2. The van der Waals surface area contributed by atoms with E-state index >= 15 is 0 Å². The SMILES string of the molecule is CO[C@@H]1CCC1NC(=O)c1cnn2c(N)cc(NC3=CC=CN(c4ccccn4)C3O)nc12. The fourth-order valence-electron chi connectivity index (χ4n) is 3.89. The van der Waals surface area contributed by atoms with Crippen LogP contribution in [0, 0.1) is 0 Å². The normalized spacial score (nSPS) is 22.1. The Balaban J connectivity index is 1.39. The molecule has 0 bridgehead atoms. The predicted octanol–water partition coefficient (Wildman–Crippen LogP) is 1.26. The maximum Gasteiger partial charge on any atom is 0.257 e. The van der Waals surface area contributed by atoms with Crippen molar-refractivity contribution in [3.8, 4) is 0 Å². The molecule has 3 aromatic rings. The number of anilines is 3. The van der Waals surface area contributed by atoms with Crippen LogP contribution in [-0.4, -0.2) is 56.1 Å². The summed E-state index contributed by atoms with van der Waals surface area (Å²) in [5.41, 5.74) is 7.25. The number of amides is 1. The quantitative estimate of drug-likeness (QED) is 0.438. The van der Waals surface area contributed by atoms with Crippen LogP contribution in [0.4, 0.5) is 17.5 Å². The molecular weight excluding hydrogens is 424 g/mol. The third-order valence-corrected chi connectivity index (χ3v) is 5.82. The summed E-state index contributed by atoms with van der Waals surface area (Å²) in [6.45, 7) is 0. The first-order valence-electron chi connectivity index (χ1n) is 10.6. The Hall–Kier alpha value is -3.96. The average molecular weight is 448 g/mol. The highest BCUT2D eigenvalue weighted by molar-refractivity contribution is 6.00. The van der Waals surface area contributed by atoms with Crippen LogP contribution < -0.4 is 21.3 Å². The maximum atomic E-state index is 12.9. The van der Waals surface area contributed by atoms with Gasteiger partial charge in [0.05, 0.1) is 24.0 Å². The fourth-order valence-corrected chi connectivity index (χ4v) is 3.89. The molecule has 1 aliphatic carbocycles. The number of aromatic nitrogens is 4. The lowest BCUT2D eigenvalue weighted by atomic mass is 9.89. The minimum atomic E-state index is -1.01. The summed E-state index contributed by atoms with van der Waals surface area (Å²) in [4.78, 5) is 23.3. The van der Waals surface area contributed by atoms with E-state index in [4.69, 9.17) is 10.5 Å². The van der Waals surface area contributed by atoms with Gasteiger partial charge in [-0.05, 0) is 37.1 Å². The molecule has 3 atom stereocenters. The van der Waals surface area contributed by atoms with Gasteiger partial charge in [0, 0.05) is 25.6 Å². The summed E-state index contributed by atoms with van der Waals surface area (Å²) in [6, 6.07) is 7.00. The number of nitrogens with two attached hydrogens (primary N) is 1. The van der Waals surface area contributed by atoms with Crippen molar-refractivity contribution < 1.29 is 14.6 Å². The maximum absolute atomic E-state index is 12.9. The summed E-state index contributed by atoms with van der Waals surface area (Å²) in [5, 5.41) is 21.1. The fraction of sp³-hybridized carbons (Fsp3) is 0.273. The number of allylic oxidation sites excluding steroid dienone is 2. The Morgan fingerprint density at radius 3 is 2.94 bits per heavy atom. The molecule has 33 heavy (non-hydrogen) atoms. The van der Waals surface area contributed by atoms with Crippen molar-refractivity contribution in [2.45, 2.75) is 31.2 Å². The van der Waals surface area contributed by atoms with Crippen LogP contribution in [0.15, 0.2) is 60.7 Å². The molecule has 4 heterocycles. The Labute approximate surface area is 189 Å². The van der Waals surface area contributed by atoms with Crippen molar-refractivity contribution in [2.75, 3.05) is 23.1 Å². The van der Waals surface area contributed by atoms with Crippen LogP contribution >= 0.6 is 0 Å². The van der Waals surface area contributed by atoms with Crippen LogP contribution in [0.5, 0.6) is 0 Å². The number of carbonyl (C=O) groups excluding carboxylic acids is 1. The van der Waals surface area contributed by atoms with Gasteiger partial charge in [0.25, 0.3) is 5.91 Å². The smallest absolute Gasteiger partial charge is 0.257 e. The van der Waals surface area contributed by atoms with Gasteiger partial charge in [-0.3, -0.25) is 4.79 Å². The van der Waals surface area contributed by atoms with Crippen LogP contribution in [0.2, 0.25) is 0 Å². The second-order valence-corrected chi connectivity index (χ2v) is 7.85. The molecule has 1 saturated carbocycles. The molecule has 11 nitrogen and oxygen atoms in total. The highest BCUT2D eigenvalue weighted by atomic mass is 16.5. The third-order valence-electron chi connectivity index (χ3n) is 5.82. The molecule has 2 aliphatic rings. The van der Waals surface area contributed by atoms with Gasteiger partial charge in [-0.15, -0.1) is 0 Å². The number of methoxy groups -OCH3 is 1. The van der Waals surface area contributed by atoms with Crippen molar-refractivity contribution in [1.82, 2.24) is 24.9 Å². The molecule has 0 radical (unpaired) electrons. The lowest BCUT2D eigenvalue weighted by Gasteiger charge is -2.35. The monoisotopic (exact) mass is 448 g/mol. The van der Waals surface area contributed by atoms with E-state index in [0.29, 0.717) is 34.4 Å². The highest BCUT2D eigenvalue weighted by Crippen LogP contribution is 2.25. The number of hydrogen-bond donors (Lipinski definition) is 4. The molecule has 170 valence electrons. The second-order valence-electron chi connectivity index (χ2n) is 7.85. The van der Waals surface area contributed by atoms with Gasteiger partial charge in [0.1, 0.15) is 23.0 Å². The van der Waals surface area contributed by atoms with Crippen molar-refractivity contribution in [3.63, 3.8) is 0 Å². The average Bonchev–Trinajstić information content (AvgIpc) is 3.24. The number of ether oxygens (including phenoxy) is 1. The van der Waals surface area contributed by atoms with E-state index in [0.717, 1.165) is 12.8 Å². The summed E-state index contributed by atoms with van der Waals surface area (Å²) in [5.74, 6) is 0.969. The second kappa shape index (κ2) is 8.52.